The van der Waals surface area contributed by atoms with Crippen molar-refractivity contribution in [3.05, 3.63) is 63.1 Å². The van der Waals surface area contributed by atoms with E-state index in [9.17, 15) is 4.79 Å². The van der Waals surface area contributed by atoms with Crippen molar-refractivity contribution in [2.24, 2.45) is 4.99 Å². The molecule has 0 radical (unpaired) electrons. The number of thioether (sulfide) groups is 1. The van der Waals surface area contributed by atoms with Gasteiger partial charge in [-0.3, -0.25) is 4.79 Å². The maximum absolute atomic E-state index is 12.0. The van der Waals surface area contributed by atoms with Gasteiger partial charge in [0, 0.05) is 11.2 Å². The van der Waals surface area contributed by atoms with E-state index in [-0.39, 0.29) is 5.91 Å². The molecule has 0 saturated carbocycles. The normalized spacial score (nSPS) is 18.0. The van der Waals surface area contributed by atoms with Crippen molar-refractivity contribution in [3.8, 4) is 0 Å². The molecule has 1 aliphatic heterocycles. The van der Waals surface area contributed by atoms with Crippen molar-refractivity contribution in [3.63, 3.8) is 0 Å². The van der Waals surface area contributed by atoms with Gasteiger partial charge in [0.2, 0.25) is 0 Å². The second-order valence-corrected chi connectivity index (χ2v) is 6.27. The van der Waals surface area contributed by atoms with Crippen LogP contribution in [0.3, 0.4) is 0 Å². The number of amidine groups is 1. The second-order valence-electron chi connectivity index (χ2n) is 4.37. The number of hydrogen-bond donors (Lipinski definition) is 1. The Labute approximate surface area is 141 Å². The Morgan fingerprint density at radius 1 is 1.09 bits per heavy atom. The Morgan fingerprint density at radius 3 is 2.50 bits per heavy atom. The maximum atomic E-state index is 12.0. The third-order valence-electron chi connectivity index (χ3n) is 2.75. The van der Waals surface area contributed by atoms with E-state index < -0.39 is 0 Å². The first-order valence-electron chi connectivity index (χ1n) is 6.27. The monoisotopic (exact) mass is 349 g/mol. The quantitative estimate of drug-likeness (QED) is 0.823. The topological polar surface area (TPSA) is 54.4 Å². The first-order valence-corrected chi connectivity index (χ1v) is 7.84. The van der Waals surface area contributed by atoms with Gasteiger partial charge in [0.05, 0.1) is 9.93 Å². The fourth-order valence-corrected chi connectivity index (χ4v) is 2.80. The standard InChI is InChI=1S/C15H9Cl2N3OS/c16-10-3-1-9(2-4-10)7-12-14(21)20-15(22-12)19-13-6-5-11(17)8-18-13/h1-8H,(H,18,19,20,21)/b12-7-. The van der Waals surface area contributed by atoms with Crippen LogP contribution in [-0.4, -0.2) is 16.1 Å². The van der Waals surface area contributed by atoms with Gasteiger partial charge >= 0.3 is 0 Å². The van der Waals surface area contributed by atoms with Crippen LogP contribution in [0, 0.1) is 0 Å². The number of pyridine rings is 1. The molecule has 7 heteroatoms. The number of nitrogens with one attached hydrogen (secondary N) is 1. The molecule has 1 fully saturated rings. The van der Waals surface area contributed by atoms with Crippen molar-refractivity contribution in [2.75, 3.05) is 0 Å². The molecule has 1 aromatic carbocycles. The van der Waals surface area contributed by atoms with Gasteiger partial charge in [0.1, 0.15) is 0 Å². The molecule has 0 aliphatic carbocycles. The number of amides is 1. The average Bonchev–Trinajstić information content (AvgIpc) is 2.84. The Balaban J connectivity index is 1.80. The zero-order valence-electron chi connectivity index (χ0n) is 11.1. The van der Waals surface area contributed by atoms with Gasteiger partial charge in [-0.15, -0.1) is 0 Å². The molecule has 1 aromatic heterocycles. The fraction of sp³-hybridized carbons (Fsp3) is 0. The van der Waals surface area contributed by atoms with Crippen LogP contribution in [0.4, 0.5) is 5.82 Å². The minimum atomic E-state index is -0.187. The highest BCUT2D eigenvalue weighted by molar-refractivity contribution is 8.18. The van der Waals surface area contributed by atoms with Gasteiger partial charge in [0.25, 0.3) is 5.91 Å². The van der Waals surface area contributed by atoms with Gasteiger partial charge in [-0.2, -0.15) is 0 Å². The lowest BCUT2D eigenvalue weighted by atomic mass is 10.2. The van der Waals surface area contributed by atoms with Crippen LogP contribution in [-0.2, 0) is 4.79 Å². The molecule has 0 bridgehead atoms. The molecule has 1 amide bonds. The average molecular weight is 350 g/mol. The maximum Gasteiger partial charge on any atom is 0.264 e. The summed E-state index contributed by atoms with van der Waals surface area (Å²) in [5.41, 5.74) is 0.896. The number of aromatic nitrogens is 1. The van der Waals surface area contributed by atoms with Crippen LogP contribution in [0.5, 0.6) is 0 Å². The Bertz CT molecular complexity index is 770. The van der Waals surface area contributed by atoms with Crippen LogP contribution in [0.15, 0.2) is 52.5 Å². The summed E-state index contributed by atoms with van der Waals surface area (Å²) in [5, 5.41) is 4.38. The van der Waals surface area contributed by atoms with E-state index in [0.717, 1.165) is 5.56 Å². The SMILES string of the molecule is O=C1NC(=Nc2ccc(Cl)cn2)S/C1=C\c1ccc(Cl)cc1. The van der Waals surface area contributed by atoms with Crippen LogP contribution < -0.4 is 5.32 Å². The number of benzene rings is 1. The molecule has 0 atom stereocenters. The van der Waals surface area contributed by atoms with E-state index in [2.05, 4.69) is 15.3 Å². The summed E-state index contributed by atoms with van der Waals surface area (Å²) in [5.74, 6) is 0.299. The van der Waals surface area contributed by atoms with E-state index in [1.807, 2.05) is 12.1 Å². The zero-order valence-corrected chi connectivity index (χ0v) is 13.4. The molecule has 2 heterocycles. The lowest BCUT2D eigenvalue weighted by Crippen LogP contribution is -2.19. The third-order valence-corrected chi connectivity index (χ3v) is 4.13. The molecule has 0 spiro atoms. The summed E-state index contributed by atoms with van der Waals surface area (Å²) in [6.45, 7) is 0. The molecule has 1 N–H and O–H groups in total. The Kier molecular flexibility index (Phi) is 4.47. The largest absolute Gasteiger partial charge is 0.300 e. The molecule has 22 heavy (non-hydrogen) atoms. The number of hydrogen-bond acceptors (Lipinski definition) is 4. The third kappa shape index (κ3) is 3.68. The Hall–Kier alpha value is -1.82. The molecule has 0 unspecified atom stereocenters. The van der Waals surface area contributed by atoms with Gasteiger partial charge in [-0.05, 0) is 47.7 Å². The molecule has 2 aromatic rings. The predicted molar refractivity (Wildman–Crippen MR) is 91.5 cm³/mol. The van der Waals surface area contributed by atoms with E-state index in [1.54, 1.807) is 30.3 Å². The number of nitrogens with zero attached hydrogens (tertiary/aromatic N) is 2. The van der Waals surface area contributed by atoms with E-state index in [4.69, 9.17) is 23.2 Å². The number of rotatable bonds is 2. The minimum absolute atomic E-state index is 0.187. The lowest BCUT2D eigenvalue weighted by Gasteiger charge is -1.95. The predicted octanol–water partition coefficient (Wildman–Crippen LogP) is 4.28. The van der Waals surface area contributed by atoms with E-state index >= 15 is 0 Å². The van der Waals surface area contributed by atoms with Crippen LogP contribution in [0.2, 0.25) is 10.0 Å². The zero-order chi connectivity index (χ0) is 15.5. The first kappa shape index (κ1) is 15.1. The summed E-state index contributed by atoms with van der Waals surface area (Å²) >= 11 is 12.9. The lowest BCUT2D eigenvalue weighted by molar-refractivity contribution is -0.115. The molecule has 110 valence electrons. The van der Waals surface area contributed by atoms with Crippen molar-refractivity contribution in [1.29, 1.82) is 0 Å². The van der Waals surface area contributed by atoms with Crippen LogP contribution in [0.25, 0.3) is 6.08 Å². The molecule has 3 rings (SSSR count). The molecular formula is C15H9Cl2N3OS. The van der Waals surface area contributed by atoms with E-state index in [1.165, 1.54) is 18.0 Å². The van der Waals surface area contributed by atoms with Crippen molar-refractivity contribution in [2.45, 2.75) is 0 Å². The molecule has 4 nitrogen and oxygen atoms in total. The van der Waals surface area contributed by atoms with Crippen molar-refractivity contribution >= 4 is 57.9 Å². The minimum Gasteiger partial charge on any atom is -0.300 e. The van der Waals surface area contributed by atoms with Crippen LogP contribution in [0.1, 0.15) is 5.56 Å². The molecule has 1 aliphatic rings. The number of carbonyl (C=O) groups excluding carboxylic acids is 1. The van der Waals surface area contributed by atoms with Gasteiger partial charge in [-0.25, -0.2) is 9.98 Å². The second kappa shape index (κ2) is 6.52. The summed E-state index contributed by atoms with van der Waals surface area (Å²) in [7, 11) is 0. The van der Waals surface area contributed by atoms with Gasteiger partial charge in [0.15, 0.2) is 11.0 Å². The summed E-state index contributed by atoms with van der Waals surface area (Å²) in [4.78, 5) is 20.9. The van der Waals surface area contributed by atoms with Crippen LogP contribution >= 0.6 is 35.0 Å². The molecule has 1 saturated heterocycles. The molecular weight excluding hydrogens is 341 g/mol. The van der Waals surface area contributed by atoms with E-state index in [0.29, 0.717) is 25.9 Å². The first-order chi connectivity index (χ1) is 10.6. The number of aliphatic imine (C=N–C) groups is 1. The van der Waals surface area contributed by atoms with Crippen molar-refractivity contribution in [1.82, 2.24) is 10.3 Å². The highest BCUT2D eigenvalue weighted by Gasteiger charge is 2.23. The summed E-state index contributed by atoms with van der Waals surface area (Å²) < 4.78 is 0. The number of halogens is 2. The highest BCUT2D eigenvalue weighted by atomic mass is 35.5. The summed E-state index contributed by atoms with van der Waals surface area (Å²) in [6.07, 6.45) is 3.29. The number of carbonyl (C=O) groups is 1. The summed E-state index contributed by atoms with van der Waals surface area (Å²) in [6, 6.07) is 10.6. The van der Waals surface area contributed by atoms with Gasteiger partial charge in [-0.1, -0.05) is 35.3 Å². The smallest absolute Gasteiger partial charge is 0.264 e. The van der Waals surface area contributed by atoms with Crippen molar-refractivity contribution < 1.29 is 4.79 Å². The fourth-order valence-electron chi connectivity index (χ4n) is 1.73. The Morgan fingerprint density at radius 2 is 1.82 bits per heavy atom. The highest BCUT2D eigenvalue weighted by Crippen LogP contribution is 2.28. The van der Waals surface area contributed by atoms with Gasteiger partial charge < -0.3 is 5.32 Å².